The zero-order valence-electron chi connectivity index (χ0n) is 13.5. The second kappa shape index (κ2) is 4.69. The zero-order chi connectivity index (χ0) is 16.2. The molecule has 0 bridgehead atoms. The number of nitroso groups, excluding NO2 is 1. The predicted octanol–water partition coefficient (Wildman–Crippen LogP) is 2.89. The van der Waals surface area contributed by atoms with Crippen LogP contribution in [-0.2, 0) is 11.8 Å². The summed E-state index contributed by atoms with van der Waals surface area (Å²) in [6.07, 6.45) is 0.862. The Morgan fingerprint density at radius 1 is 1.17 bits per heavy atom. The second-order valence-electron chi connectivity index (χ2n) is 6.67. The van der Waals surface area contributed by atoms with Gasteiger partial charge < -0.3 is 9.72 Å². The van der Waals surface area contributed by atoms with Crippen LogP contribution in [0, 0.1) is 4.91 Å². The van der Waals surface area contributed by atoms with E-state index in [1.807, 2.05) is 23.4 Å². The summed E-state index contributed by atoms with van der Waals surface area (Å²) in [5, 5.41) is 3.11. The third-order valence-electron chi connectivity index (χ3n) is 5.01. The number of fused-ring (bicyclic) bond motifs is 4. The third-order valence-corrected chi connectivity index (χ3v) is 5.01. The van der Waals surface area contributed by atoms with Crippen LogP contribution < -0.4 is 9.91 Å². The highest BCUT2D eigenvalue weighted by molar-refractivity contribution is 5.88. The average molecular weight is 307 g/mol. The van der Waals surface area contributed by atoms with Crippen molar-refractivity contribution < 1.29 is 9.91 Å². The van der Waals surface area contributed by atoms with E-state index in [9.17, 15) is 4.91 Å². The van der Waals surface area contributed by atoms with E-state index in [1.165, 1.54) is 22.4 Å². The van der Waals surface area contributed by atoms with E-state index in [0.717, 1.165) is 23.1 Å². The predicted molar refractivity (Wildman–Crippen MR) is 90.2 cm³/mol. The van der Waals surface area contributed by atoms with Gasteiger partial charge in [-0.1, -0.05) is 19.9 Å². The number of rotatable bonds is 2. The lowest BCUT2D eigenvalue weighted by Gasteiger charge is -2.33. The SMILES string of the molecule is COc1ccc2c(c1)C(C)(C)c1[nH]c3ccc([NH+]=O)cc3c1C2. The minimum atomic E-state index is -0.137. The fraction of sp³-hybridized carbons (Fsp3) is 0.263. The lowest BCUT2D eigenvalue weighted by molar-refractivity contribution is -0.379. The number of aromatic nitrogens is 1. The second-order valence-corrected chi connectivity index (χ2v) is 6.67. The molecule has 1 aliphatic carbocycles. The first-order chi connectivity index (χ1) is 11.0. The zero-order valence-corrected chi connectivity index (χ0v) is 13.5. The Bertz CT molecular complexity index is 938. The smallest absolute Gasteiger partial charge is 0.254 e. The molecule has 116 valence electrons. The van der Waals surface area contributed by atoms with Gasteiger partial charge in [0.15, 0.2) is 0 Å². The molecule has 0 saturated carbocycles. The summed E-state index contributed by atoms with van der Waals surface area (Å²) < 4.78 is 5.40. The molecule has 1 aliphatic rings. The molecule has 2 N–H and O–H groups in total. The van der Waals surface area contributed by atoms with Crippen LogP contribution in [0.1, 0.15) is 36.2 Å². The molecule has 0 spiro atoms. The van der Waals surface area contributed by atoms with Crippen LogP contribution in [-0.4, -0.2) is 12.1 Å². The van der Waals surface area contributed by atoms with Crippen molar-refractivity contribution in [3.05, 3.63) is 63.7 Å². The van der Waals surface area contributed by atoms with Gasteiger partial charge in [-0.05, 0) is 34.9 Å². The molecule has 0 atom stereocenters. The Kier molecular flexibility index (Phi) is 2.85. The summed E-state index contributed by atoms with van der Waals surface area (Å²) >= 11 is 0. The van der Waals surface area contributed by atoms with Crippen molar-refractivity contribution in [2.24, 2.45) is 0 Å². The van der Waals surface area contributed by atoms with Crippen molar-refractivity contribution in [3.63, 3.8) is 0 Å². The van der Waals surface area contributed by atoms with Crippen LogP contribution in [0.15, 0.2) is 36.4 Å². The average Bonchev–Trinajstić information content (AvgIpc) is 2.93. The summed E-state index contributed by atoms with van der Waals surface area (Å²) in [4.78, 5) is 14.6. The fourth-order valence-corrected chi connectivity index (χ4v) is 3.77. The van der Waals surface area contributed by atoms with Crippen molar-refractivity contribution in [1.82, 2.24) is 4.98 Å². The van der Waals surface area contributed by atoms with E-state index in [2.05, 4.69) is 31.0 Å². The van der Waals surface area contributed by atoms with Gasteiger partial charge in [-0.25, -0.2) is 0 Å². The maximum absolute atomic E-state index is 11.0. The molecule has 0 radical (unpaired) electrons. The number of hydrogen-bond acceptors (Lipinski definition) is 2. The van der Waals surface area contributed by atoms with Crippen LogP contribution in [0.25, 0.3) is 10.9 Å². The molecule has 0 unspecified atom stereocenters. The van der Waals surface area contributed by atoms with Gasteiger partial charge in [0.2, 0.25) is 0 Å². The molecule has 23 heavy (non-hydrogen) atoms. The van der Waals surface area contributed by atoms with E-state index in [4.69, 9.17) is 4.74 Å². The van der Waals surface area contributed by atoms with E-state index in [-0.39, 0.29) is 5.41 Å². The number of nitrogens with one attached hydrogen (secondary N) is 2. The van der Waals surface area contributed by atoms with Crippen LogP contribution in [0.5, 0.6) is 5.75 Å². The lowest BCUT2D eigenvalue weighted by atomic mass is 9.72. The summed E-state index contributed by atoms with van der Waals surface area (Å²) in [6, 6.07) is 12.0. The molecule has 4 heteroatoms. The molecule has 0 aliphatic heterocycles. The minimum Gasteiger partial charge on any atom is -0.497 e. The summed E-state index contributed by atoms with van der Waals surface area (Å²) in [5.41, 5.74) is 6.62. The van der Waals surface area contributed by atoms with Gasteiger partial charge >= 0.3 is 0 Å². The largest absolute Gasteiger partial charge is 0.497 e. The number of H-pyrrole nitrogens is 1. The number of aromatic amines is 1. The Labute approximate surface area is 134 Å². The van der Waals surface area contributed by atoms with Gasteiger partial charge in [0.05, 0.1) is 7.11 Å². The standard InChI is InChI=1S/C19H18N2O2/c1-19(2)16-10-13(23-3)6-4-11(16)8-15-14-9-12(21-22)5-7-17(14)20-18(15)19/h4-7,9-10,20H,8H2,1-3H3/p+1. The van der Waals surface area contributed by atoms with Crippen LogP contribution in [0.4, 0.5) is 5.69 Å². The minimum absolute atomic E-state index is 0.137. The molecular formula is C19H19N2O2+. The number of methoxy groups -OCH3 is 1. The van der Waals surface area contributed by atoms with Gasteiger partial charge in [-0.15, -0.1) is 0 Å². The first-order valence-corrected chi connectivity index (χ1v) is 7.75. The quantitative estimate of drug-likeness (QED) is 0.765. The highest BCUT2D eigenvalue weighted by atomic mass is 16.5. The van der Waals surface area contributed by atoms with Crippen molar-refractivity contribution in [2.45, 2.75) is 25.7 Å². The number of ether oxygens (including phenoxy) is 1. The maximum Gasteiger partial charge on any atom is 0.254 e. The highest BCUT2D eigenvalue weighted by Crippen LogP contribution is 2.44. The molecule has 4 rings (SSSR count). The summed E-state index contributed by atoms with van der Waals surface area (Å²) in [6.45, 7) is 4.46. The van der Waals surface area contributed by atoms with E-state index < -0.39 is 0 Å². The molecule has 0 saturated heterocycles. The molecule has 1 heterocycles. The first-order valence-electron chi connectivity index (χ1n) is 7.75. The van der Waals surface area contributed by atoms with Gasteiger partial charge in [0, 0.05) is 50.6 Å². The Morgan fingerprint density at radius 2 is 2.00 bits per heavy atom. The fourth-order valence-electron chi connectivity index (χ4n) is 3.77. The monoisotopic (exact) mass is 307 g/mol. The molecule has 0 fully saturated rings. The van der Waals surface area contributed by atoms with Crippen LogP contribution in [0.2, 0.25) is 0 Å². The molecule has 4 nitrogen and oxygen atoms in total. The van der Waals surface area contributed by atoms with Crippen molar-refractivity contribution in [1.29, 1.82) is 0 Å². The first kappa shape index (κ1) is 14.0. The van der Waals surface area contributed by atoms with Gasteiger partial charge in [-0.3, -0.25) is 0 Å². The van der Waals surface area contributed by atoms with E-state index >= 15 is 0 Å². The normalized spacial score (nSPS) is 15.1. The number of hydrogen-bond donors (Lipinski definition) is 2. The maximum atomic E-state index is 11.0. The van der Waals surface area contributed by atoms with Gasteiger partial charge in [-0.2, -0.15) is 0 Å². The van der Waals surface area contributed by atoms with Gasteiger partial charge in [0.25, 0.3) is 5.69 Å². The Hall–Kier alpha value is -2.62. The lowest BCUT2D eigenvalue weighted by Crippen LogP contribution is -2.55. The molecule has 3 aromatic rings. The molecule has 1 aromatic heterocycles. The summed E-state index contributed by atoms with van der Waals surface area (Å²) in [7, 11) is 1.70. The van der Waals surface area contributed by atoms with E-state index in [0.29, 0.717) is 5.69 Å². The number of benzene rings is 2. The van der Waals surface area contributed by atoms with Gasteiger partial charge in [0.1, 0.15) is 5.75 Å². The third kappa shape index (κ3) is 1.91. The molecule has 0 amide bonds. The Morgan fingerprint density at radius 3 is 2.74 bits per heavy atom. The topological polar surface area (TPSA) is 56.1 Å². The van der Waals surface area contributed by atoms with E-state index in [1.54, 1.807) is 13.2 Å². The Balaban J connectivity index is 1.99. The molecule has 2 aromatic carbocycles. The van der Waals surface area contributed by atoms with Crippen molar-refractivity contribution in [3.8, 4) is 5.75 Å². The van der Waals surface area contributed by atoms with Crippen molar-refractivity contribution >= 4 is 16.6 Å². The molecular weight excluding hydrogens is 288 g/mol. The summed E-state index contributed by atoms with van der Waals surface area (Å²) in [5.74, 6) is 0.884. The van der Waals surface area contributed by atoms with Crippen LogP contribution >= 0.6 is 0 Å². The van der Waals surface area contributed by atoms with Crippen molar-refractivity contribution in [2.75, 3.05) is 7.11 Å². The van der Waals surface area contributed by atoms with Crippen LogP contribution in [0.3, 0.4) is 0 Å². The highest BCUT2D eigenvalue weighted by Gasteiger charge is 2.35.